The summed E-state index contributed by atoms with van der Waals surface area (Å²) in [4.78, 5) is 10.8. The second-order valence-electron chi connectivity index (χ2n) is 6.53. The number of furan rings is 1. The molecule has 6 heteroatoms. The molecule has 1 aliphatic heterocycles. The summed E-state index contributed by atoms with van der Waals surface area (Å²) in [7, 11) is 0. The van der Waals surface area contributed by atoms with Crippen LogP contribution < -0.4 is 0 Å². The van der Waals surface area contributed by atoms with Crippen molar-refractivity contribution in [3.63, 3.8) is 0 Å². The van der Waals surface area contributed by atoms with E-state index in [9.17, 15) is 0 Å². The summed E-state index contributed by atoms with van der Waals surface area (Å²) in [6.07, 6.45) is 9.23. The highest BCUT2D eigenvalue weighted by molar-refractivity contribution is 5.07. The molecule has 1 aliphatic rings. The Kier molecular flexibility index (Phi) is 4.90. The highest BCUT2D eigenvalue weighted by Crippen LogP contribution is 2.19. The molecule has 0 spiro atoms. The van der Waals surface area contributed by atoms with Crippen molar-refractivity contribution in [3.05, 3.63) is 72.5 Å². The lowest BCUT2D eigenvalue weighted by Gasteiger charge is -2.23. The van der Waals surface area contributed by atoms with E-state index >= 15 is 0 Å². The van der Waals surface area contributed by atoms with Crippen LogP contribution in [0.4, 0.5) is 0 Å². The number of fused-ring (bicyclic) bond motifs is 1. The Bertz CT molecular complexity index is 770. The maximum absolute atomic E-state index is 5.97. The quantitative estimate of drug-likeness (QED) is 0.692. The molecular weight excluding hydrogens is 316 g/mol. The summed E-state index contributed by atoms with van der Waals surface area (Å²) in [6.45, 7) is 4.88. The van der Waals surface area contributed by atoms with Crippen LogP contribution in [-0.2, 0) is 31.0 Å². The van der Waals surface area contributed by atoms with Crippen LogP contribution >= 0.6 is 0 Å². The molecule has 0 radical (unpaired) electrons. The van der Waals surface area contributed by atoms with E-state index in [0.717, 1.165) is 37.5 Å². The summed E-state index contributed by atoms with van der Waals surface area (Å²) < 4.78 is 13.7. The Balaban J connectivity index is 1.40. The molecule has 1 atom stereocenters. The fraction of sp³-hybridized carbons (Fsp3) is 0.368. The van der Waals surface area contributed by atoms with Gasteiger partial charge < -0.3 is 13.7 Å². The molecule has 130 valence electrons. The summed E-state index contributed by atoms with van der Waals surface area (Å²) >= 11 is 0. The van der Waals surface area contributed by atoms with Gasteiger partial charge in [0, 0.05) is 44.1 Å². The summed E-state index contributed by atoms with van der Waals surface area (Å²) in [6, 6.07) is 7.94. The minimum atomic E-state index is 0.405. The zero-order valence-electron chi connectivity index (χ0n) is 14.1. The van der Waals surface area contributed by atoms with Crippen molar-refractivity contribution in [1.29, 1.82) is 0 Å². The number of imidazole rings is 1. The van der Waals surface area contributed by atoms with Gasteiger partial charge in [-0.1, -0.05) is 6.07 Å². The van der Waals surface area contributed by atoms with Crippen molar-refractivity contribution in [2.45, 2.75) is 26.2 Å². The first kappa shape index (κ1) is 16.1. The van der Waals surface area contributed by atoms with E-state index in [1.807, 2.05) is 43.0 Å². The lowest BCUT2D eigenvalue weighted by Crippen LogP contribution is -2.29. The number of rotatable bonds is 6. The Morgan fingerprint density at radius 3 is 3.00 bits per heavy atom. The molecule has 0 bridgehead atoms. The predicted molar refractivity (Wildman–Crippen MR) is 92.4 cm³/mol. The third-order valence-electron chi connectivity index (χ3n) is 4.46. The van der Waals surface area contributed by atoms with Crippen LogP contribution in [0.25, 0.3) is 0 Å². The summed E-state index contributed by atoms with van der Waals surface area (Å²) in [5.41, 5.74) is 2.34. The number of hydrogen-bond donors (Lipinski definition) is 0. The number of nitrogens with zero attached hydrogens (tertiary/aromatic N) is 4. The van der Waals surface area contributed by atoms with Crippen molar-refractivity contribution < 1.29 is 9.15 Å². The highest BCUT2D eigenvalue weighted by Gasteiger charge is 2.22. The van der Waals surface area contributed by atoms with Crippen LogP contribution in [0.1, 0.15) is 17.0 Å². The van der Waals surface area contributed by atoms with Gasteiger partial charge in [0.1, 0.15) is 5.76 Å². The molecule has 6 nitrogen and oxygen atoms in total. The number of aromatic nitrogens is 3. The van der Waals surface area contributed by atoms with E-state index in [1.54, 1.807) is 12.5 Å². The average molecular weight is 338 g/mol. The van der Waals surface area contributed by atoms with Gasteiger partial charge in [0.05, 0.1) is 38.0 Å². The molecule has 0 saturated carbocycles. The minimum Gasteiger partial charge on any atom is -0.468 e. The smallest absolute Gasteiger partial charge is 0.117 e. The van der Waals surface area contributed by atoms with Gasteiger partial charge in [-0.05, 0) is 23.8 Å². The fourth-order valence-corrected chi connectivity index (χ4v) is 3.31. The molecular formula is C19H22N4O2. The molecule has 3 aromatic heterocycles. The van der Waals surface area contributed by atoms with Crippen molar-refractivity contribution >= 4 is 0 Å². The zero-order chi connectivity index (χ0) is 16.9. The SMILES string of the molecule is c1cncc(COC[C@@H]2CN(Cc3ccco3)Cc3cncn3C2)c1. The van der Waals surface area contributed by atoms with Gasteiger partial charge in [-0.3, -0.25) is 9.88 Å². The molecule has 25 heavy (non-hydrogen) atoms. The Labute approximate surface area is 147 Å². The second kappa shape index (κ2) is 7.63. The first-order valence-corrected chi connectivity index (χ1v) is 8.57. The number of hydrogen-bond acceptors (Lipinski definition) is 5. The minimum absolute atomic E-state index is 0.405. The van der Waals surface area contributed by atoms with Crippen molar-refractivity contribution in [1.82, 2.24) is 19.4 Å². The highest BCUT2D eigenvalue weighted by atomic mass is 16.5. The van der Waals surface area contributed by atoms with Gasteiger partial charge in [0.2, 0.25) is 0 Å². The molecule has 0 amide bonds. The van der Waals surface area contributed by atoms with E-state index in [4.69, 9.17) is 9.15 Å². The molecule has 4 heterocycles. The lowest BCUT2D eigenvalue weighted by molar-refractivity contribution is 0.0652. The van der Waals surface area contributed by atoms with Crippen molar-refractivity contribution in [2.75, 3.05) is 13.2 Å². The average Bonchev–Trinajstić information content (AvgIpc) is 3.25. The molecule has 0 N–H and O–H groups in total. The fourth-order valence-electron chi connectivity index (χ4n) is 3.31. The first-order chi connectivity index (χ1) is 12.4. The zero-order valence-corrected chi connectivity index (χ0v) is 14.1. The first-order valence-electron chi connectivity index (χ1n) is 8.57. The predicted octanol–water partition coefficient (Wildman–Crippen LogP) is 2.72. The molecule has 0 aromatic carbocycles. The van der Waals surface area contributed by atoms with Crippen LogP contribution in [-0.4, -0.2) is 32.6 Å². The van der Waals surface area contributed by atoms with Crippen molar-refractivity contribution in [2.24, 2.45) is 5.92 Å². The van der Waals surface area contributed by atoms with Gasteiger partial charge in [0.15, 0.2) is 0 Å². The largest absolute Gasteiger partial charge is 0.468 e. The molecule has 0 aliphatic carbocycles. The van der Waals surface area contributed by atoms with E-state index in [1.165, 1.54) is 5.69 Å². The van der Waals surface area contributed by atoms with E-state index in [-0.39, 0.29) is 0 Å². The third kappa shape index (κ3) is 4.15. The lowest BCUT2D eigenvalue weighted by atomic mass is 10.1. The Morgan fingerprint density at radius 2 is 2.16 bits per heavy atom. The number of pyridine rings is 1. The van der Waals surface area contributed by atoms with Gasteiger partial charge in [-0.15, -0.1) is 0 Å². The molecule has 4 rings (SSSR count). The Hall–Kier alpha value is -2.44. The van der Waals surface area contributed by atoms with E-state index < -0.39 is 0 Å². The van der Waals surface area contributed by atoms with Gasteiger partial charge in [-0.25, -0.2) is 4.98 Å². The maximum Gasteiger partial charge on any atom is 0.117 e. The van der Waals surface area contributed by atoms with Crippen LogP contribution in [0.2, 0.25) is 0 Å². The van der Waals surface area contributed by atoms with Crippen LogP contribution in [0.15, 0.2) is 59.9 Å². The van der Waals surface area contributed by atoms with E-state index in [2.05, 4.69) is 19.4 Å². The normalized spacial score (nSPS) is 18.0. The van der Waals surface area contributed by atoms with Crippen molar-refractivity contribution in [3.8, 4) is 0 Å². The van der Waals surface area contributed by atoms with Gasteiger partial charge >= 0.3 is 0 Å². The molecule has 0 fully saturated rings. The van der Waals surface area contributed by atoms with E-state index in [0.29, 0.717) is 19.1 Å². The van der Waals surface area contributed by atoms with Crippen LogP contribution in [0.3, 0.4) is 0 Å². The van der Waals surface area contributed by atoms with Gasteiger partial charge in [-0.2, -0.15) is 0 Å². The maximum atomic E-state index is 5.97. The molecule has 3 aromatic rings. The van der Waals surface area contributed by atoms with Gasteiger partial charge in [0.25, 0.3) is 0 Å². The van der Waals surface area contributed by atoms with Crippen LogP contribution in [0.5, 0.6) is 0 Å². The monoisotopic (exact) mass is 338 g/mol. The summed E-state index contributed by atoms with van der Waals surface area (Å²) in [5.74, 6) is 1.39. The Morgan fingerprint density at radius 1 is 1.16 bits per heavy atom. The topological polar surface area (TPSA) is 56.3 Å². The summed E-state index contributed by atoms with van der Waals surface area (Å²) in [5, 5.41) is 0. The van der Waals surface area contributed by atoms with Crippen LogP contribution in [0, 0.1) is 5.92 Å². The standard InChI is InChI=1S/C19H22N4O2/c1-3-16(7-20-5-1)13-24-14-17-9-22(12-19-4-2-6-25-19)11-18-8-21-15-23(18)10-17/h1-8,15,17H,9-14H2/t17-/m1/s1. The third-order valence-corrected chi connectivity index (χ3v) is 4.46. The molecule has 0 unspecified atom stereocenters. The second-order valence-corrected chi connectivity index (χ2v) is 6.53. The number of ether oxygens (including phenoxy) is 1. The molecule has 0 saturated heterocycles.